The van der Waals surface area contributed by atoms with Crippen molar-refractivity contribution < 1.29 is 41.4 Å². The molecule has 0 unspecified atom stereocenters. The quantitative estimate of drug-likeness (QED) is 0.328. The number of aromatic nitrogens is 1. The van der Waals surface area contributed by atoms with Crippen LogP contribution in [0.3, 0.4) is 0 Å². The first-order chi connectivity index (χ1) is 20.3. The van der Waals surface area contributed by atoms with Crippen molar-refractivity contribution in [2.75, 3.05) is 49.0 Å². The summed E-state index contributed by atoms with van der Waals surface area (Å²) in [5, 5.41) is 20.1. The van der Waals surface area contributed by atoms with Crippen LogP contribution in [-0.4, -0.2) is 67.5 Å². The topological polar surface area (TPSA) is 80.1 Å². The normalized spacial score (nSPS) is 17.6. The molecule has 1 amide bonds. The number of amides is 1. The van der Waals surface area contributed by atoms with Crippen molar-refractivity contribution >= 4 is 23.1 Å². The monoisotopic (exact) mass is 624 g/mol. The molecule has 0 radical (unpaired) electrons. The van der Waals surface area contributed by atoms with Crippen LogP contribution in [0.1, 0.15) is 37.0 Å². The summed E-state index contributed by atoms with van der Waals surface area (Å²) in [6, 6.07) is 9.77. The zero-order chi connectivity index (χ0) is 32.8. The molecule has 2 N–H and O–H groups in total. The Morgan fingerprint density at radius 3 is 1.98 bits per heavy atom. The molecule has 44 heavy (non-hydrogen) atoms. The number of nitrogens with zero attached hydrogens (tertiary/aromatic N) is 4. The van der Waals surface area contributed by atoms with Gasteiger partial charge in [0.25, 0.3) is 0 Å². The van der Waals surface area contributed by atoms with E-state index in [0.29, 0.717) is 35.5 Å². The molecule has 0 saturated carbocycles. The molecule has 0 bridgehead atoms. The Bertz CT molecular complexity index is 1470. The Labute approximate surface area is 251 Å². The number of aliphatic hydroxyl groups excluding tert-OH is 2. The Morgan fingerprint density at radius 1 is 0.932 bits per heavy atom. The van der Waals surface area contributed by atoms with Crippen LogP contribution in [0.4, 0.5) is 43.5 Å². The van der Waals surface area contributed by atoms with Gasteiger partial charge in [-0.25, -0.2) is 4.98 Å². The average molecular weight is 625 g/mol. The van der Waals surface area contributed by atoms with Gasteiger partial charge in [-0.2, -0.15) is 26.3 Å². The van der Waals surface area contributed by atoms with E-state index < -0.39 is 52.5 Å². The first-order valence-corrected chi connectivity index (χ1v) is 13.8. The van der Waals surface area contributed by atoms with Gasteiger partial charge in [0.1, 0.15) is 5.82 Å². The Kier molecular flexibility index (Phi) is 8.96. The van der Waals surface area contributed by atoms with E-state index in [1.807, 2.05) is 43.3 Å². The fraction of sp³-hybridized carbons (Fsp3) is 0.419. The lowest BCUT2D eigenvalue weighted by molar-refractivity contribution is -0.143. The molecule has 0 spiro atoms. The fourth-order valence-corrected chi connectivity index (χ4v) is 5.35. The lowest BCUT2D eigenvalue weighted by Gasteiger charge is -2.32. The van der Waals surface area contributed by atoms with Crippen molar-refractivity contribution in [2.24, 2.45) is 0 Å². The summed E-state index contributed by atoms with van der Waals surface area (Å²) >= 11 is 0. The van der Waals surface area contributed by atoms with Crippen LogP contribution in [0, 0.1) is 0 Å². The molecule has 2 atom stereocenters. The number of anilines is 3. The second-order valence-electron chi connectivity index (χ2n) is 11.7. The number of β-amino-alcohol motifs (C(OH)–C–C–N with tert-alkyl or cyclic N) is 1. The van der Waals surface area contributed by atoms with E-state index in [0.717, 1.165) is 5.69 Å². The van der Waals surface area contributed by atoms with Crippen molar-refractivity contribution in [1.29, 1.82) is 0 Å². The summed E-state index contributed by atoms with van der Waals surface area (Å²) in [5.41, 5.74) is -2.97. The van der Waals surface area contributed by atoms with E-state index in [-0.39, 0.29) is 24.9 Å². The first-order valence-electron chi connectivity index (χ1n) is 13.8. The predicted molar refractivity (Wildman–Crippen MR) is 156 cm³/mol. The minimum absolute atomic E-state index is 0.0286. The van der Waals surface area contributed by atoms with Crippen LogP contribution in [0.2, 0.25) is 0 Å². The number of hydrogen-bond donors (Lipinski definition) is 2. The van der Waals surface area contributed by atoms with Gasteiger partial charge < -0.3 is 24.9 Å². The van der Waals surface area contributed by atoms with E-state index in [2.05, 4.69) is 4.98 Å². The number of benzene rings is 2. The number of hydrogen-bond acceptors (Lipinski definition) is 6. The summed E-state index contributed by atoms with van der Waals surface area (Å²) in [4.78, 5) is 23.2. The molecule has 1 aromatic heterocycles. The molecule has 1 aliphatic rings. The van der Waals surface area contributed by atoms with Crippen LogP contribution in [0.25, 0.3) is 11.1 Å². The first kappa shape index (κ1) is 33.1. The number of halogens is 6. The van der Waals surface area contributed by atoms with Gasteiger partial charge in [-0.15, -0.1) is 0 Å². The maximum absolute atomic E-state index is 13.9. The molecule has 1 fully saturated rings. The number of aliphatic hydroxyl groups is 2. The molecule has 13 heteroatoms. The lowest BCUT2D eigenvalue weighted by Crippen LogP contribution is -2.42. The van der Waals surface area contributed by atoms with Gasteiger partial charge in [-0.1, -0.05) is 12.1 Å². The van der Waals surface area contributed by atoms with Gasteiger partial charge in [0.15, 0.2) is 0 Å². The number of alkyl halides is 6. The van der Waals surface area contributed by atoms with Gasteiger partial charge in [-0.05, 0) is 67.8 Å². The van der Waals surface area contributed by atoms with Gasteiger partial charge in [0, 0.05) is 38.9 Å². The SMILES string of the molecule is CN(C)c1ccc(-c2cc(N3C[C@H](O)C[C@H]3CO)ncc2N(C)C(=O)C(C)(C)c2cc(C(F)(F)F)cc(C(F)(F)F)c2)cc1. The summed E-state index contributed by atoms with van der Waals surface area (Å²) in [6.07, 6.45) is -9.10. The van der Waals surface area contributed by atoms with E-state index in [1.54, 1.807) is 11.0 Å². The highest BCUT2D eigenvalue weighted by Crippen LogP contribution is 2.41. The van der Waals surface area contributed by atoms with Crippen LogP contribution in [0.15, 0.2) is 54.7 Å². The van der Waals surface area contributed by atoms with Crippen LogP contribution in [-0.2, 0) is 22.6 Å². The van der Waals surface area contributed by atoms with Gasteiger partial charge >= 0.3 is 12.4 Å². The average Bonchev–Trinajstić information content (AvgIpc) is 3.35. The van der Waals surface area contributed by atoms with E-state index in [4.69, 9.17) is 0 Å². The summed E-state index contributed by atoms with van der Waals surface area (Å²) in [7, 11) is 5.11. The molecule has 2 aromatic carbocycles. The molecule has 1 saturated heterocycles. The van der Waals surface area contributed by atoms with Crippen LogP contribution in [0.5, 0.6) is 0 Å². The number of rotatable bonds is 7. The Hall–Kier alpha value is -3.84. The minimum atomic E-state index is -5.07. The van der Waals surface area contributed by atoms with E-state index in [9.17, 15) is 41.4 Å². The maximum Gasteiger partial charge on any atom is 0.416 e. The third-order valence-corrected chi connectivity index (χ3v) is 7.97. The summed E-state index contributed by atoms with van der Waals surface area (Å²) in [6.45, 7) is 2.53. The number of carbonyl (C=O) groups is 1. The van der Waals surface area contributed by atoms with Crippen molar-refractivity contribution in [2.45, 2.75) is 50.2 Å². The Morgan fingerprint density at radius 2 is 1.48 bits per heavy atom. The molecule has 2 heterocycles. The largest absolute Gasteiger partial charge is 0.416 e. The molecule has 3 aromatic rings. The zero-order valence-corrected chi connectivity index (χ0v) is 24.8. The fourth-order valence-electron chi connectivity index (χ4n) is 5.35. The Balaban J connectivity index is 1.82. The molecule has 4 rings (SSSR count). The lowest BCUT2D eigenvalue weighted by atomic mass is 9.81. The second kappa shape index (κ2) is 11.9. The standard InChI is InChI=1S/C31H34F6N4O3/c1-29(2,19-10-20(30(32,33)34)12-21(11-19)31(35,36)37)28(44)40(5)26-15-38-27(41-16-24(43)13-23(41)17-42)14-25(26)18-6-8-22(9-7-18)39(3)4/h6-12,14-15,23-24,42-43H,13,16-17H2,1-5H3/t23-,24+/m0/s1. The van der Waals surface area contributed by atoms with Crippen molar-refractivity contribution in [1.82, 2.24) is 4.98 Å². The van der Waals surface area contributed by atoms with Crippen molar-refractivity contribution in [3.8, 4) is 11.1 Å². The number of pyridine rings is 1. The molecular weight excluding hydrogens is 590 g/mol. The highest BCUT2D eigenvalue weighted by Gasteiger charge is 2.41. The molecule has 0 aliphatic carbocycles. The predicted octanol–water partition coefficient (Wildman–Crippen LogP) is 5.72. The van der Waals surface area contributed by atoms with Crippen molar-refractivity contribution in [3.05, 3.63) is 71.4 Å². The maximum atomic E-state index is 13.9. The third-order valence-electron chi connectivity index (χ3n) is 7.97. The van der Waals surface area contributed by atoms with Crippen LogP contribution < -0.4 is 14.7 Å². The minimum Gasteiger partial charge on any atom is -0.394 e. The smallest absolute Gasteiger partial charge is 0.394 e. The van der Waals surface area contributed by atoms with Gasteiger partial charge in [0.05, 0.1) is 47.2 Å². The van der Waals surface area contributed by atoms with Crippen molar-refractivity contribution in [3.63, 3.8) is 0 Å². The zero-order valence-electron chi connectivity index (χ0n) is 24.8. The van der Waals surface area contributed by atoms with Gasteiger partial charge in [-0.3, -0.25) is 4.79 Å². The molecular formula is C31H34F6N4O3. The number of carbonyl (C=O) groups excluding carboxylic acids is 1. The second-order valence-corrected chi connectivity index (χ2v) is 11.7. The molecule has 1 aliphatic heterocycles. The van der Waals surface area contributed by atoms with Gasteiger partial charge in [0.2, 0.25) is 5.91 Å². The highest BCUT2D eigenvalue weighted by atomic mass is 19.4. The molecule has 238 valence electrons. The van der Waals surface area contributed by atoms with E-state index >= 15 is 0 Å². The van der Waals surface area contributed by atoms with E-state index in [1.165, 1.54) is 32.0 Å². The number of likely N-dealkylation sites (N-methyl/N-ethyl adjacent to an activating group) is 1. The van der Waals surface area contributed by atoms with Crippen LogP contribution >= 0.6 is 0 Å². The third kappa shape index (κ3) is 6.63. The summed E-state index contributed by atoms with van der Waals surface area (Å²) < 4.78 is 81.6. The summed E-state index contributed by atoms with van der Waals surface area (Å²) in [5.74, 6) is -0.348. The highest BCUT2D eigenvalue weighted by molar-refractivity contribution is 6.03. The molecule has 7 nitrogen and oxygen atoms in total.